The van der Waals surface area contributed by atoms with Crippen LogP contribution in [0.5, 0.6) is 0 Å². The Bertz CT molecular complexity index is 586. The lowest BCUT2D eigenvalue weighted by molar-refractivity contribution is -0.161. The molecule has 3 rings (SSSR count). The van der Waals surface area contributed by atoms with Gasteiger partial charge in [0.2, 0.25) is 0 Å². The minimum absolute atomic E-state index is 0.140. The molecule has 0 radical (unpaired) electrons. The van der Waals surface area contributed by atoms with Crippen molar-refractivity contribution in [1.29, 1.82) is 0 Å². The number of nitrogens with zero attached hydrogens (tertiary/aromatic N) is 1. The average molecular weight is 263 g/mol. The molecule has 1 nitrogen and oxygen atoms in total. The number of benzene rings is 1. The van der Waals surface area contributed by atoms with Crippen LogP contribution in [0, 0.1) is 0 Å². The number of pyridine rings is 1. The molecule has 0 N–H and O–H groups in total. The van der Waals surface area contributed by atoms with Gasteiger partial charge in [0.15, 0.2) is 0 Å². The summed E-state index contributed by atoms with van der Waals surface area (Å²) in [6.45, 7) is 0. The summed E-state index contributed by atoms with van der Waals surface area (Å²) in [5, 5.41) is 0. The number of alkyl halides is 3. The van der Waals surface area contributed by atoms with Gasteiger partial charge in [0.1, 0.15) is 5.41 Å². The van der Waals surface area contributed by atoms with Gasteiger partial charge < -0.3 is 0 Å². The molecular formula is C15H12F3N. The van der Waals surface area contributed by atoms with Crippen molar-refractivity contribution < 1.29 is 13.2 Å². The van der Waals surface area contributed by atoms with Crippen LogP contribution in [-0.4, -0.2) is 11.2 Å². The lowest BCUT2D eigenvalue weighted by Gasteiger charge is -2.19. The third kappa shape index (κ3) is 2.01. The highest BCUT2D eigenvalue weighted by Gasteiger charge is 2.65. The summed E-state index contributed by atoms with van der Waals surface area (Å²) < 4.78 is 39.2. The number of halogens is 3. The SMILES string of the molecule is FC(F)(F)C1(c2cc(-c3ccccc3)ccn2)CC1. The fraction of sp³-hybridized carbons (Fsp3) is 0.267. The van der Waals surface area contributed by atoms with Crippen LogP contribution < -0.4 is 0 Å². The highest BCUT2D eigenvalue weighted by molar-refractivity contribution is 5.63. The zero-order chi connectivity index (χ0) is 13.5. The summed E-state index contributed by atoms with van der Waals surface area (Å²) in [4.78, 5) is 3.95. The van der Waals surface area contributed by atoms with E-state index >= 15 is 0 Å². The minimum Gasteiger partial charge on any atom is -0.260 e. The van der Waals surface area contributed by atoms with Gasteiger partial charge in [0.05, 0.1) is 5.69 Å². The lowest BCUT2D eigenvalue weighted by atomic mass is 9.97. The summed E-state index contributed by atoms with van der Waals surface area (Å²) in [6.07, 6.45) is -2.47. The van der Waals surface area contributed by atoms with E-state index in [1.54, 1.807) is 12.1 Å². The van der Waals surface area contributed by atoms with Gasteiger partial charge >= 0.3 is 6.18 Å². The van der Waals surface area contributed by atoms with Crippen molar-refractivity contribution in [2.75, 3.05) is 0 Å². The molecule has 1 saturated carbocycles. The molecule has 1 fully saturated rings. The molecular weight excluding hydrogens is 251 g/mol. The topological polar surface area (TPSA) is 12.9 Å². The van der Waals surface area contributed by atoms with Gasteiger partial charge in [-0.05, 0) is 36.1 Å². The van der Waals surface area contributed by atoms with Crippen molar-refractivity contribution in [3.63, 3.8) is 0 Å². The first kappa shape index (κ1) is 12.2. The van der Waals surface area contributed by atoms with Gasteiger partial charge in [-0.1, -0.05) is 30.3 Å². The molecule has 4 heteroatoms. The Morgan fingerprint density at radius 3 is 2.21 bits per heavy atom. The van der Waals surface area contributed by atoms with E-state index in [9.17, 15) is 13.2 Å². The van der Waals surface area contributed by atoms with Gasteiger partial charge in [-0.25, -0.2) is 0 Å². The van der Waals surface area contributed by atoms with Crippen LogP contribution in [0.4, 0.5) is 13.2 Å². The average Bonchev–Trinajstić information content (AvgIpc) is 3.21. The number of rotatable bonds is 2. The quantitative estimate of drug-likeness (QED) is 0.785. The zero-order valence-corrected chi connectivity index (χ0v) is 10.1. The Hall–Kier alpha value is -1.84. The van der Waals surface area contributed by atoms with Crippen molar-refractivity contribution in [3.8, 4) is 11.1 Å². The molecule has 0 saturated heterocycles. The Kier molecular flexibility index (Phi) is 2.62. The first-order valence-electron chi connectivity index (χ1n) is 6.12. The summed E-state index contributed by atoms with van der Waals surface area (Å²) in [5.41, 5.74) is 0.115. The van der Waals surface area contributed by atoms with E-state index in [1.807, 2.05) is 30.3 Å². The summed E-state index contributed by atoms with van der Waals surface area (Å²) >= 11 is 0. The molecule has 0 aliphatic heterocycles. The predicted octanol–water partition coefficient (Wildman–Crippen LogP) is 4.34. The van der Waals surface area contributed by atoms with E-state index in [0.717, 1.165) is 11.1 Å². The largest absolute Gasteiger partial charge is 0.399 e. The summed E-state index contributed by atoms with van der Waals surface area (Å²) in [5.74, 6) is 0. The molecule has 1 aliphatic rings. The second kappa shape index (κ2) is 4.08. The first-order chi connectivity index (χ1) is 9.03. The van der Waals surface area contributed by atoms with E-state index in [0.29, 0.717) is 0 Å². The van der Waals surface area contributed by atoms with Crippen molar-refractivity contribution in [2.24, 2.45) is 0 Å². The van der Waals surface area contributed by atoms with Gasteiger partial charge in [-0.2, -0.15) is 13.2 Å². The van der Waals surface area contributed by atoms with Crippen LogP contribution in [-0.2, 0) is 5.41 Å². The van der Waals surface area contributed by atoms with Crippen molar-refractivity contribution >= 4 is 0 Å². The van der Waals surface area contributed by atoms with Crippen LogP contribution >= 0.6 is 0 Å². The van der Waals surface area contributed by atoms with Crippen LogP contribution in [0.15, 0.2) is 48.7 Å². The predicted molar refractivity (Wildman–Crippen MR) is 66.6 cm³/mol. The molecule has 0 atom stereocenters. The molecule has 0 unspecified atom stereocenters. The maximum absolute atomic E-state index is 13.1. The molecule has 1 heterocycles. The molecule has 2 aromatic rings. The monoisotopic (exact) mass is 263 g/mol. The highest BCUT2D eigenvalue weighted by atomic mass is 19.4. The molecule has 0 bridgehead atoms. The van der Waals surface area contributed by atoms with Gasteiger partial charge in [0, 0.05) is 6.20 Å². The third-order valence-electron chi connectivity index (χ3n) is 3.65. The van der Waals surface area contributed by atoms with Crippen LogP contribution in [0.3, 0.4) is 0 Å². The fourth-order valence-electron chi connectivity index (χ4n) is 2.31. The van der Waals surface area contributed by atoms with E-state index in [-0.39, 0.29) is 18.5 Å². The standard InChI is InChI=1S/C15H12F3N/c16-15(17,18)14(7-8-14)13-10-12(6-9-19-13)11-4-2-1-3-5-11/h1-6,9-10H,7-8H2. The Labute approximate surface area is 109 Å². The molecule has 0 spiro atoms. The van der Waals surface area contributed by atoms with Crippen molar-refractivity contribution in [1.82, 2.24) is 4.98 Å². The molecule has 1 aliphatic carbocycles. The Morgan fingerprint density at radius 1 is 0.947 bits per heavy atom. The smallest absolute Gasteiger partial charge is 0.260 e. The first-order valence-corrected chi connectivity index (χ1v) is 6.12. The maximum atomic E-state index is 13.1. The van der Waals surface area contributed by atoms with Crippen LogP contribution in [0.25, 0.3) is 11.1 Å². The molecule has 1 aromatic heterocycles. The second-order valence-corrected chi connectivity index (χ2v) is 4.88. The fourth-order valence-corrected chi connectivity index (χ4v) is 2.31. The summed E-state index contributed by atoms with van der Waals surface area (Å²) in [7, 11) is 0. The van der Waals surface area contributed by atoms with Crippen LogP contribution in [0.2, 0.25) is 0 Å². The van der Waals surface area contributed by atoms with Gasteiger partial charge in [0.25, 0.3) is 0 Å². The van der Waals surface area contributed by atoms with Crippen molar-refractivity contribution in [3.05, 3.63) is 54.4 Å². The highest BCUT2D eigenvalue weighted by Crippen LogP contribution is 2.58. The van der Waals surface area contributed by atoms with E-state index in [1.165, 1.54) is 6.20 Å². The van der Waals surface area contributed by atoms with E-state index < -0.39 is 11.6 Å². The molecule has 1 aromatic carbocycles. The Morgan fingerprint density at radius 2 is 1.63 bits per heavy atom. The van der Waals surface area contributed by atoms with E-state index in [2.05, 4.69) is 4.98 Å². The van der Waals surface area contributed by atoms with Crippen LogP contribution in [0.1, 0.15) is 18.5 Å². The maximum Gasteiger partial charge on any atom is 0.399 e. The minimum atomic E-state index is -4.21. The number of hydrogen-bond acceptors (Lipinski definition) is 1. The van der Waals surface area contributed by atoms with Gasteiger partial charge in [-0.3, -0.25) is 4.98 Å². The molecule has 0 amide bonds. The Balaban J connectivity index is 2.03. The lowest BCUT2D eigenvalue weighted by Crippen LogP contribution is -2.29. The summed E-state index contributed by atoms with van der Waals surface area (Å²) in [6, 6.07) is 12.7. The molecule has 98 valence electrons. The molecule has 19 heavy (non-hydrogen) atoms. The van der Waals surface area contributed by atoms with Crippen molar-refractivity contribution in [2.45, 2.75) is 24.4 Å². The number of hydrogen-bond donors (Lipinski definition) is 0. The van der Waals surface area contributed by atoms with E-state index in [4.69, 9.17) is 0 Å². The number of aromatic nitrogens is 1. The third-order valence-corrected chi connectivity index (χ3v) is 3.65. The zero-order valence-electron chi connectivity index (χ0n) is 10.1. The normalized spacial score (nSPS) is 17.2. The van der Waals surface area contributed by atoms with Gasteiger partial charge in [-0.15, -0.1) is 0 Å². The second-order valence-electron chi connectivity index (χ2n) is 4.88.